The fraction of sp³-hybridized carbons (Fsp3) is 0.500. The van der Waals surface area contributed by atoms with Crippen molar-refractivity contribution in [2.75, 3.05) is 18.5 Å². The Morgan fingerprint density at radius 3 is 3.00 bits per heavy atom. The topological polar surface area (TPSA) is 53.4 Å². The number of nitrogens with zero attached hydrogens (tertiary/aromatic N) is 2. The van der Waals surface area contributed by atoms with Crippen LogP contribution in [-0.4, -0.2) is 29.7 Å². The van der Waals surface area contributed by atoms with Crippen LogP contribution in [0.5, 0.6) is 0 Å². The van der Waals surface area contributed by atoms with Crippen LogP contribution in [-0.2, 0) is 4.79 Å². The molecule has 1 aromatic rings. The molecular formula is C8H12N2O2S. The molecule has 0 aromatic carbocycles. The number of hydrogen-bond acceptors (Lipinski definition) is 4. The highest BCUT2D eigenvalue weighted by atomic mass is 32.1. The lowest BCUT2D eigenvalue weighted by molar-refractivity contribution is -0.140. The Kier molecular flexibility index (Phi) is 3.25. The number of hydrogen-bond donors (Lipinski definition) is 1. The van der Waals surface area contributed by atoms with Crippen LogP contribution in [0.3, 0.4) is 0 Å². The van der Waals surface area contributed by atoms with E-state index < -0.39 is 5.97 Å². The van der Waals surface area contributed by atoms with E-state index in [1.165, 1.54) is 11.3 Å². The van der Waals surface area contributed by atoms with Gasteiger partial charge in [0.25, 0.3) is 0 Å². The SMILES string of the molecule is CC(CN(C)c1nccs1)C(=O)O. The summed E-state index contributed by atoms with van der Waals surface area (Å²) >= 11 is 1.51. The molecule has 0 fully saturated rings. The zero-order valence-corrected chi connectivity index (χ0v) is 8.41. The molecular weight excluding hydrogens is 188 g/mol. The van der Waals surface area contributed by atoms with E-state index >= 15 is 0 Å². The molecule has 1 atom stereocenters. The predicted octanol–water partition coefficient (Wildman–Crippen LogP) is 1.30. The quantitative estimate of drug-likeness (QED) is 0.796. The van der Waals surface area contributed by atoms with Gasteiger partial charge in [-0.2, -0.15) is 0 Å². The summed E-state index contributed by atoms with van der Waals surface area (Å²) in [6.07, 6.45) is 1.71. The molecule has 1 heterocycles. The molecule has 0 aliphatic heterocycles. The molecule has 5 heteroatoms. The van der Waals surface area contributed by atoms with Gasteiger partial charge in [-0.25, -0.2) is 4.98 Å². The number of aliphatic carboxylic acids is 1. The van der Waals surface area contributed by atoms with E-state index in [1.54, 1.807) is 13.1 Å². The fourth-order valence-corrected chi connectivity index (χ4v) is 1.59. The molecule has 1 unspecified atom stereocenters. The lowest BCUT2D eigenvalue weighted by Gasteiger charge is -2.17. The third kappa shape index (κ3) is 2.69. The second kappa shape index (κ2) is 4.23. The Hall–Kier alpha value is -1.10. The Bertz CT molecular complexity index is 274. The Morgan fingerprint density at radius 2 is 2.54 bits per heavy atom. The average Bonchev–Trinajstić information content (AvgIpc) is 2.55. The van der Waals surface area contributed by atoms with Gasteiger partial charge in [-0.05, 0) is 0 Å². The minimum atomic E-state index is -0.775. The Morgan fingerprint density at radius 1 is 1.85 bits per heavy atom. The first-order valence-corrected chi connectivity index (χ1v) is 4.82. The van der Waals surface area contributed by atoms with Crippen molar-refractivity contribution in [2.45, 2.75) is 6.92 Å². The van der Waals surface area contributed by atoms with Gasteiger partial charge in [-0.1, -0.05) is 6.92 Å². The largest absolute Gasteiger partial charge is 0.481 e. The molecule has 13 heavy (non-hydrogen) atoms. The molecule has 1 aromatic heterocycles. The summed E-state index contributed by atoms with van der Waals surface area (Å²) in [6.45, 7) is 2.18. The Labute approximate surface area is 80.8 Å². The van der Waals surface area contributed by atoms with Crippen LogP contribution in [0.4, 0.5) is 5.13 Å². The molecule has 0 amide bonds. The van der Waals surface area contributed by atoms with Gasteiger partial charge in [0.1, 0.15) is 0 Å². The van der Waals surface area contributed by atoms with Crippen molar-refractivity contribution in [3.63, 3.8) is 0 Å². The molecule has 0 spiro atoms. The van der Waals surface area contributed by atoms with Gasteiger partial charge in [0, 0.05) is 25.2 Å². The van der Waals surface area contributed by atoms with Crippen molar-refractivity contribution in [1.29, 1.82) is 0 Å². The number of thiazole rings is 1. The maximum Gasteiger partial charge on any atom is 0.308 e. The number of anilines is 1. The summed E-state index contributed by atoms with van der Waals surface area (Å²) in [6, 6.07) is 0. The third-order valence-corrected chi connectivity index (χ3v) is 2.60. The van der Waals surface area contributed by atoms with Crippen LogP contribution in [0.2, 0.25) is 0 Å². The minimum absolute atomic E-state index is 0.367. The minimum Gasteiger partial charge on any atom is -0.481 e. The van der Waals surface area contributed by atoms with Crippen molar-refractivity contribution in [2.24, 2.45) is 5.92 Å². The van der Waals surface area contributed by atoms with Crippen molar-refractivity contribution < 1.29 is 9.90 Å². The normalized spacial score (nSPS) is 12.5. The van der Waals surface area contributed by atoms with Crippen molar-refractivity contribution in [3.8, 4) is 0 Å². The van der Waals surface area contributed by atoms with E-state index in [0.717, 1.165) is 5.13 Å². The zero-order valence-electron chi connectivity index (χ0n) is 7.60. The highest BCUT2D eigenvalue weighted by molar-refractivity contribution is 7.13. The van der Waals surface area contributed by atoms with E-state index in [0.29, 0.717) is 6.54 Å². The number of carboxylic acid groups (broad SMARTS) is 1. The van der Waals surface area contributed by atoms with Crippen molar-refractivity contribution in [3.05, 3.63) is 11.6 Å². The number of carbonyl (C=O) groups is 1. The first kappa shape index (κ1) is 9.98. The summed E-state index contributed by atoms with van der Waals surface area (Å²) in [7, 11) is 1.85. The van der Waals surface area contributed by atoms with Gasteiger partial charge in [0.2, 0.25) is 0 Å². The standard InChI is InChI=1S/C8H12N2O2S/c1-6(7(11)12)5-10(2)8-9-3-4-13-8/h3-4,6H,5H2,1-2H3,(H,11,12). The van der Waals surface area contributed by atoms with Crippen LogP contribution in [0.1, 0.15) is 6.92 Å². The monoisotopic (exact) mass is 200 g/mol. The lowest BCUT2D eigenvalue weighted by atomic mass is 10.2. The van der Waals surface area contributed by atoms with Crippen LogP contribution in [0, 0.1) is 5.92 Å². The van der Waals surface area contributed by atoms with Crippen LogP contribution in [0.25, 0.3) is 0 Å². The molecule has 1 rings (SSSR count). The fourth-order valence-electron chi connectivity index (χ4n) is 0.971. The van der Waals surface area contributed by atoms with E-state index in [9.17, 15) is 4.79 Å². The van der Waals surface area contributed by atoms with Gasteiger partial charge in [-0.15, -0.1) is 11.3 Å². The van der Waals surface area contributed by atoms with E-state index in [4.69, 9.17) is 5.11 Å². The predicted molar refractivity (Wildman–Crippen MR) is 52.2 cm³/mol. The first-order valence-electron chi connectivity index (χ1n) is 3.94. The number of rotatable bonds is 4. The molecule has 0 radical (unpaired) electrons. The maximum absolute atomic E-state index is 10.6. The number of aromatic nitrogens is 1. The molecule has 72 valence electrons. The molecule has 4 nitrogen and oxygen atoms in total. The summed E-state index contributed by atoms with van der Waals surface area (Å²) in [5.74, 6) is -1.14. The summed E-state index contributed by atoms with van der Waals surface area (Å²) < 4.78 is 0. The summed E-state index contributed by atoms with van der Waals surface area (Å²) in [5, 5.41) is 11.4. The molecule has 0 saturated heterocycles. The first-order chi connectivity index (χ1) is 6.11. The molecule has 0 aliphatic rings. The lowest BCUT2D eigenvalue weighted by Crippen LogP contribution is -2.28. The highest BCUT2D eigenvalue weighted by Crippen LogP contribution is 2.16. The van der Waals surface area contributed by atoms with E-state index in [1.807, 2.05) is 17.3 Å². The van der Waals surface area contributed by atoms with Gasteiger partial charge in [0.05, 0.1) is 5.92 Å². The molecule has 0 aliphatic carbocycles. The highest BCUT2D eigenvalue weighted by Gasteiger charge is 2.14. The second-order valence-electron chi connectivity index (χ2n) is 2.93. The molecule has 1 N–H and O–H groups in total. The van der Waals surface area contributed by atoms with E-state index in [-0.39, 0.29) is 5.92 Å². The van der Waals surface area contributed by atoms with Crippen molar-refractivity contribution >= 4 is 22.4 Å². The van der Waals surface area contributed by atoms with Crippen LogP contribution < -0.4 is 4.90 Å². The number of carboxylic acids is 1. The zero-order chi connectivity index (χ0) is 9.84. The van der Waals surface area contributed by atoms with Crippen molar-refractivity contribution in [1.82, 2.24) is 4.98 Å². The van der Waals surface area contributed by atoms with Gasteiger partial charge in [0.15, 0.2) is 5.13 Å². The van der Waals surface area contributed by atoms with Crippen LogP contribution >= 0.6 is 11.3 Å². The summed E-state index contributed by atoms with van der Waals surface area (Å²) in [5.41, 5.74) is 0. The van der Waals surface area contributed by atoms with Gasteiger partial charge >= 0.3 is 5.97 Å². The van der Waals surface area contributed by atoms with E-state index in [2.05, 4.69) is 4.98 Å². The Balaban J connectivity index is 2.51. The van der Waals surface area contributed by atoms with Crippen LogP contribution in [0.15, 0.2) is 11.6 Å². The summed E-state index contributed by atoms with van der Waals surface area (Å²) in [4.78, 5) is 16.5. The molecule has 0 bridgehead atoms. The maximum atomic E-state index is 10.6. The molecule has 0 saturated carbocycles. The van der Waals surface area contributed by atoms with Gasteiger partial charge in [-0.3, -0.25) is 4.79 Å². The van der Waals surface area contributed by atoms with Gasteiger partial charge < -0.3 is 10.0 Å². The smallest absolute Gasteiger partial charge is 0.308 e. The third-order valence-electron chi connectivity index (χ3n) is 1.72. The average molecular weight is 200 g/mol. The second-order valence-corrected chi connectivity index (χ2v) is 3.81.